The number of fused-ring (bicyclic) bond motifs is 1. The Morgan fingerprint density at radius 1 is 1.54 bits per heavy atom. The summed E-state index contributed by atoms with van der Waals surface area (Å²) in [5.74, 6) is 0. The highest BCUT2D eigenvalue weighted by Crippen LogP contribution is 2.24. The highest BCUT2D eigenvalue weighted by atomic mass is 15.1. The second-order valence-corrected chi connectivity index (χ2v) is 3.56. The van der Waals surface area contributed by atoms with Gasteiger partial charge in [-0.25, -0.2) is 0 Å². The minimum Gasteiger partial charge on any atom is -0.370 e. The van der Waals surface area contributed by atoms with Crippen molar-refractivity contribution in [3.05, 3.63) is 24.0 Å². The Hall–Kier alpha value is -1.05. The van der Waals surface area contributed by atoms with Gasteiger partial charge in [-0.15, -0.1) is 0 Å². The van der Waals surface area contributed by atoms with Gasteiger partial charge in [0.25, 0.3) is 0 Å². The van der Waals surface area contributed by atoms with Crippen LogP contribution in [0.25, 0.3) is 0 Å². The van der Waals surface area contributed by atoms with Crippen LogP contribution in [0.5, 0.6) is 0 Å². The molecule has 0 saturated heterocycles. The fraction of sp³-hybridized carbons (Fsp3) is 0.545. The van der Waals surface area contributed by atoms with Crippen LogP contribution < -0.4 is 4.90 Å². The van der Waals surface area contributed by atoms with Crippen LogP contribution in [0.3, 0.4) is 0 Å². The minimum absolute atomic E-state index is 1.15. The van der Waals surface area contributed by atoms with Crippen LogP contribution >= 0.6 is 0 Å². The van der Waals surface area contributed by atoms with Gasteiger partial charge in [0, 0.05) is 19.3 Å². The summed E-state index contributed by atoms with van der Waals surface area (Å²) in [4.78, 5) is 6.86. The summed E-state index contributed by atoms with van der Waals surface area (Å²) in [6.07, 6.45) is 5.52. The summed E-state index contributed by atoms with van der Waals surface area (Å²) in [6.45, 7) is 4.59. The molecule has 1 aromatic rings. The molecule has 0 bridgehead atoms. The third-order valence-electron chi connectivity index (χ3n) is 2.54. The van der Waals surface area contributed by atoms with Gasteiger partial charge in [-0.1, -0.05) is 6.92 Å². The van der Waals surface area contributed by atoms with Crippen molar-refractivity contribution in [2.45, 2.75) is 26.2 Å². The molecule has 0 unspecified atom stereocenters. The lowest BCUT2D eigenvalue weighted by atomic mass is 10.1. The van der Waals surface area contributed by atoms with E-state index in [1.54, 1.807) is 0 Å². The monoisotopic (exact) mass is 176 g/mol. The van der Waals surface area contributed by atoms with E-state index in [9.17, 15) is 0 Å². The van der Waals surface area contributed by atoms with Crippen molar-refractivity contribution in [3.63, 3.8) is 0 Å². The number of pyridine rings is 1. The number of hydrogen-bond donors (Lipinski definition) is 0. The third-order valence-corrected chi connectivity index (χ3v) is 2.54. The number of nitrogens with zero attached hydrogens (tertiary/aromatic N) is 2. The average Bonchev–Trinajstić information content (AvgIpc) is 2.19. The molecule has 70 valence electrons. The van der Waals surface area contributed by atoms with Crippen molar-refractivity contribution in [2.24, 2.45) is 0 Å². The van der Waals surface area contributed by atoms with Gasteiger partial charge in [-0.2, -0.15) is 0 Å². The van der Waals surface area contributed by atoms with Gasteiger partial charge in [0.15, 0.2) is 0 Å². The van der Waals surface area contributed by atoms with Crippen molar-refractivity contribution in [2.75, 3.05) is 18.0 Å². The molecule has 0 spiro atoms. The molecule has 1 aliphatic rings. The maximum Gasteiger partial charge on any atom is 0.0637 e. The van der Waals surface area contributed by atoms with Crippen molar-refractivity contribution < 1.29 is 0 Å². The van der Waals surface area contributed by atoms with Crippen molar-refractivity contribution in [1.29, 1.82) is 0 Å². The maximum atomic E-state index is 4.41. The molecule has 13 heavy (non-hydrogen) atoms. The number of aryl methyl sites for hydroxylation is 1. The fourth-order valence-electron chi connectivity index (χ4n) is 1.97. The predicted molar refractivity (Wildman–Crippen MR) is 55.1 cm³/mol. The topological polar surface area (TPSA) is 16.1 Å². The lowest BCUT2D eigenvalue weighted by molar-refractivity contribution is 0.669. The Kier molecular flexibility index (Phi) is 2.48. The lowest BCUT2D eigenvalue weighted by Gasteiger charge is -2.29. The Bertz CT molecular complexity index is 283. The van der Waals surface area contributed by atoms with Gasteiger partial charge in [0.05, 0.1) is 11.4 Å². The molecule has 0 radical (unpaired) electrons. The number of anilines is 1. The summed E-state index contributed by atoms with van der Waals surface area (Å²) in [7, 11) is 0. The Balaban J connectivity index is 2.26. The highest BCUT2D eigenvalue weighted by Gasteiger charge is 2.15. The summed E-state index contributed by atoms with van der Waals surface area (Å²) in [5.41, 5.74) is 2.64. The van der Waals surface area contributed by atoms with Crippen LogP contribution in [0.4, 0.5) is 5.69 Å². The van der Waals surface area contributed by atoms with E-state index < -0.39 is 0 Å². The molecule has 1 aliphatic heterocycles. The lowest BCUT2D eigenvalue weighted by Crippen LogP contribution is -2.30. The van der Waals surface area contributed by atoms with E-state index in [2.05, 4.69) is 22.9 Å². The smallest absolute Gasteiger partial charge is 0.0637 e. The summed E-state index contributed by atoms with van der Waals surface area (Å²) >= 11 is 0. The number of aromatic nitrogens is 1. The van der Waals surface area contributed by atoms with E-state index in [1.807, 2.05) is 12.3 Å². The van der Waals surface area contributed by atoms with Gasteiger partial charge < -0.3 is 4.90 Å². The first-order chi connectivity index (χ1) is 6.42. The highest BCUT2D eigenvalue weighted by molar-refractivity contribution is 5.52. The molecule has 0 N–H and O–H groups in total. The van der Waals surface area contributed by atoms with Crippen LogP contribution in [-0.2, 0) is 6.42 Å². The summed E-state index contributed by atoms with van der Waals surface area (Å²) < 4.78 is 0. The normalized spacial score (nSPS) is 15.6. The number of hydrogen-bond acceptors (Lipinski definition) is 2. The molecule has 2 heterocycles. The first-order valence-corrected chi connectivity index (χ1v) is 5.10. The summed E-state index contributed by atoms with van der Waals surface area (Å²) in [6, 6.07) is 4.23. The summed E-state index contributed by atoms with van der Waals surface area (Å²) in [5, 5.41) is 0. The molecule has 0 aliphatic carbocycles. The van der Waals surface area contributed by atoms with E-state index in [0.29, 0.717) is 0 Å². The molecule has 2 rings (SSSR count). The van der Waals surface area contributed by atoms with Crippen molar-refractivity contribution in [3.8, 4) is 0 Å². The molecule has 0 saturated carbocycles. The van der Waals surface area contributed by atoms with Gasteiger partial charge in [-0.3, -0.25) is 4.98 Å². The SMILES string of the molecule is CCCN1CCCc2ncccc21. The Morgan fingerprint density at radius 2 is 2.46 bits per heavy atom. The quantitative estimate of drug-likeness (QED) is 0.687. The standard InChI is InChI=1S/C11H16N2/c1-2-8-13-9-4-5-10-11(13)6-3-7-12-10/h3,6-7H,2,4-5,8-9H2,1H3. The van der Waals surface area contributed by atoms with Gasteiger partial charge in [0.2, 0.25) is 0 Å². The van der Waals surface area contributed by atoms with E-state index in [1.165, 1.54) is 37.3 Å². The van der Waals surface area contributed by atoms with E-state index >= 15 is 0 Å². The van der Waals surface area contributed by atoms with Crippen LogP contribution in [0.2, 0.25) is 0 Å². The molecule has 0 fully saturated rings. The Morgan fingerprint density at radius 3 is 3.31 bits per heavy atom. The first kappa shape index (κ1) is 8.54. The van der Waals surface area contributed by atoms with Crippen LogP contribution in [0.1, 0.15) is 25.5 Å². The van der Waals surface area contributed by atoms with Gasteiger partial charge >= 0.3 is 0 Å². The average molecular weight is 176 g/mol. The van der Waals surface area contributed by atoms with Crippen LogP contribution in [-0.4, -0.2) is 18.1 Å². The third kappa shape index (κ3) is 1.67. The molecule has 0 atom stereocenters. The van der Waals surface area contributed by atoms with Crippen molar-refractivity contribution >= 4 is 5.69 Å². The predicted octanol–water partition coefficient (Wildman–Crippen LogP) is 2.24. The zero-order chi connectivity index (χ0) is 9.10. The minimum atomic E-state index is 1.15. The Labute approximate surface area is 79.6 Å². The molecule has 2 heteroatoms. The van der Waals surface area contributed by atoms with Crippen LogP contribution in [0.15, 0.2) is 18.3 Å². The van der Waals surface area contributed by atoms with Crippen LogP contribution in [0, 0.1) is 0 Å². The largest absolute Gasteiger partial charge is 0.370 e. The second-order valence-electron chi connectivity index (χ2n) is 3.56. The van der Waals surface area contributed by atoms with E-state index in [-0.39, 0.29) is 0 Å². The fourth-order valence-corrected chi connectivity index (χ4v) is 1.97. The molecule has 0 amide bonds. The second kappa shape index (κ2) is 3.77. The maximum absolute atomic E-state index is 4.41. The molecule has 0 aromatic carbocycles. The molecule has 1 aromatic heterocycles. The van der Waals surface area contributed by atoms with E-state index in [0.717, 1.165) is 6.42 Å². The zero-order valence-corrected chi connectivity index (χ0v) is 8.16. The molecular formula is C11H16N2. The van der Waals surface area contributed by atoms with Crippen molar-refractivity contribution in [1.82, 2.24) is 4.98 Å². The van der Waals surface area contributed by atoms with Gasteiger partial charge in [0.1, 0.15) is 0 Å². The number of rotatable bonds is 2. The molecule has 2 nitrogen and oxygen atoms in total. The first-order valence-electron chi connectivity index (χ1n) is 5.10. The van der Waals surface area contributed by atoms with Gasteiger partial charge in [-0.05, 0) is 31.4 Å². The van der Waals surface area contributed by atoms with E-state index in [4.69, 9.17) is 0 Å². The zero-order valence-electron chi connectivity index (χ0n) is 8.16. The molecular weight excluding hydrogens is 160 g/mol.